The number of H-pyrrole nitrogens is 1. The van der Waals surface area contributed by atoms with Crippen LogP contribution in [0, 0.1) is 27.7 Å². The van der Waals surface area contributed by atoms with Crippen molar-refractivity contribution < 1.29 is 4.79 Å². The average molecular weight is 466 g/mol. The molecular weight excluding hydrogens is 438 g/mol. The van der Waals surface area contributed by atoms with Crippen LogP contribution in [0.15, 0.2) is 54.6 Å². The highest BCUT2D eigenvalue weighted by Crippen LogP contribution is 2.21. The topological polar surface area (TPSA) is 101 Å². The first-order chi connectivity index (χ1) is 16.9. The first-order valence-electron chi connectivity index (χ1n) is 11.6. The minimum absolute atomic E-state index is 0.0570. The summed E-state index contributed by atoms with van der Waals surface area (Å²) in [5.74, 6) is 1.30. The average Bonchev–Trinajstić information content (AvgIpc) is 3.39. The van der Waals surface area contributed by atoms with Gasteiger partial charge in [0.25, 0.3) is 5.95 Å². The lowest BCUT2D eigenvalue weighted by molar-refractivity contribution is -0.120. The van der Waals surface area contributed by atoms with Gasteiger partial charge in [-0.2, -0.15) is 5.10 Å². The van der Waals surface area contributed by atoms with Crippen LogP contribution in [0.2, 0.25) is 0 Å². The number of rotatable bonds is 6. The Balaban J connectivity index is 1.24. The van der Waals surface area contributed by atoms with Gasteiger partial charge in [0.1, 0.15) is 5.82 Å². The van der Waals surface area contributed by atoms with Crippen molar-refractivity contribution in [3.63, 3.8) is 0 Å². The number of para-hydroxylation sites is 2. The van der Waals surface area contributed by atoms with Gasteiger partial charge in [0.2, 0.25) is 5.91 Å². The Kier molecular flexibility index (Phi) is 5.86. The van der Waals surface area contributed by atoms with Crippen LogP contribution in [0.5, 0.6) is 0 Å². The summed E-state index contributed by atoms with van der Waals surface area (Å²) in [5, 5.41) is 7.61. The molecule has 0 atom stereocenters. The van der Waals surface area contributed by atoms with E-state index in [0.29, 0.717) is 12.5 Å². The first-order valence-corrected chi connectivity index (χ1v) is 11.6. The third kappa shape index (κ3) is 4.68. The number of aromatic nitrogens is 6. The smallest absolute Gasteiger partial charge is 0.251 e. The van der Waals surface area contributed by atoms with Crippen molar-refractivity contribution in [3.8, 4) is 17.3 Å². The van der Waals surface area contributed by atoms with E-state index in [0.717, 1.165) is 56.3 Å². The number of benzene rings is 2. The number of aromatic amines is 1. The highest BCUT2D eigenvalue weighted by molar-refractivity contribution is 5.80. The molecule has 0 bridgehead atoms. The number of nitrogens with one attached hydrogen (secondary N) is 2. The second kappa shape index (κ2) is 9.13. The van der Waals surface area contributed by atoms with E-state index < -0.39 is 0 Å². The number of nitrogens with zero attached hydrogens (tertiary/aromatic N) is 5. The van der Waals surface area contributed by atoms with Crippen molar-refractivity contribution >= 4 is 16.9 Å². The Morgan fingerprint density at radius 2 is 1.66 bits per heavy atom. The van der Waals surface area contributed by atoms with E-state index in [9.17, 15) is 4.79 Å². The second-order valence-corrected chi connectivity index (χ2v) is 8.76. The molecule has 176 valence electrons. The van der Waals surface area contributed by atoms with Crippen molar-refractivity contribution in [1.82, 2.24) is 35.0 Å². The van der Waals surface area contributed by atoms with Crippen LogP contribution in [0.1, 0.15) is 33.9 Å². The molecule has 0 aliphatic carbocycles. The minimum atomic E-state index is -0.0570. The molecule has 35 heavy (non-hydrogen) atoms. The molecular formula is C27H27N7O. The number of aryl methyl sites for hydroxylation is 3. The summed E-state index contributed by atoms with van der Waals surface area (Å²) in [6.45, 7) is 8.17. The van der Waals surface area contributed by atoms with Gasteiger partial charge in [-0.25, -0.2) is 19.6 Å². The summed E-state index contributed by atoms with van der Waals surface area (Å²) in [6.07, 6.45) is 0.250. The SMILES string of the molecule is Cc1cc(C)nc(-n2nc(C)c(CC(=O)NCc3ccc(-c4nc5ccccc5[nH]4)cc3)c2C)n1. The summed E-state index contributed by atoms with van der Waals surface area (Å²) < 4.78 is 1.72. The summed E-state index contributed by atoms with van der Waals surface area (Å²) in [4.78, 5) is 29.7. The van der Waals surface area contributed by atoms with Gasteiger partial charge in [-0.3, -0.25) is 4.79 Å². The van der Waals surface area contributed by atoms with Crippen LogP contribution in [0.25, 0.3) is 28.4 Å². The zero-order valence-corrected chi connectivity index (χ0v) is 20.3. The Labute approximate surface area is 203 Å². The Bertz CT molecular complexity index is 1480. The number of imidazole rings is 1. The fourth-order valence-electron chi connectivity index (χ4n) is 4.22. The van der Waals surface area contributed by atoms with E-state index in [4.69, 9.17) is 0 Å². The van der Waals surface area contributed by atoms with E-state index >= 15 is 0 Å². The van der Waals surface area contributed by atoms with Crippen molar-refractivity contribution in [3.05, 3.63) is 88.5 Å². The maximum absolute atomic E-state index is 12.7. The standard InChI is InChI=1S/C27H27N7O/c1-16-13-17(2)30-27(29-16)34-19(4)22(18(3)33-34)14-25(35)28-15-20-9-11-21(12-10-20)26-31-23-7-5-6-8-24(23)32-26/h5-13H,14-15H2,1-4H3,(H,28,35)(H,31,32). The quantitative estimate of drug-likeness (QED) is 0.389. The van der Waals surface area contributed by atoms with Crippen LogP contribution in [0.4, 0.5) is 0 Å². The molecule has 0 saturated carbocycles. The molecule has 8 heteroatoms. The number of carbonyl (C=O) groups excluding carboxylic acids is 1. The van der Waals surface area contributed by atoms with Gasteiger partial charge in [0.15, 0.2) is 0 Å². The largest absolute Gasteiger partial charge is 0.352 e. The van der Waals surface area contributed by atoms with Crippen LogP contribution in [0.3, 0.4) is 0 Å². The molecule has 1 amide bonds. The molecule has 0 aliphatic rings. The third-order valence-corrected chi connectivity index (χ3v) is 6.04. The van der Waals surface area contributed by atoms with Crippen molar-refractivity contribution in [2.24, 2.45) is 0 Å². The van der Waals surface area contributed by atoms with Crippen molar-refractivity contribution in [2.45, 2.75) is 40.7 Å². The van der Waals surface area contributed by atoms with Gasteiger partial charge in [0.05, 0.1) is 23.1 Å². The van der Waals surface area contributed by atoms with Gasteiger partial charge in [0, 0.05) is 34.8 Å². The van der Waals surface area contributed by atoms with E-state index in [2.05, 4.69) is 30.4 Å². The van der Waals surface area contributed by atoms with Crippen molar-refractivity contribution in [2.75, 3.05) is 0 Å². The molecule has 0 fully saturated rings. The summed E-state index contributed by atoms with van der Waals surface area (Å²) in [6, 6.07) is 17.9. The normalized spacial score (nSPS) is 11.2. The molecule has 0 unspecified atom stereocenters. The Morgan fingerprint density at radius 1 is 0.943 bits per heavy atom. The molecule has 0 aliphatic heterocycles. The van der Waals surface area contributed by atoms with E-state index in [1.54, 1.807) is 4.68 Å². The van der Waals surface area contributed by atoms with Gasteiger partial charge in [-0.1, -0.05) is 36.4 Å². The van der Waals surface area contributed by atoms with E-state index in [1.165, 1.54) is 0 Å². The summed E-state index contributed by atoms with van der Waals surface area (Å²) in [7, 11) is 0. The lowest BCUT2D eigenvalue weighted by Gasteiger charge is -2.08. The molecule has 2 N–H and O–H groups in total. The van der Waals surface area contributed by atoms with Crippen LogP contribution < -0.4 is 5.32 Å². The molecule has 2 aromatic carbocycles. The maximum atomic E-state index is 12.7. The number of fused-ring (bicyclic) bond motifs is 1. The van der Waals surface area contributed by atoms with Crippen LogP contribution >= 0.6 is 0 Å². The highest BCUT2D eigenvalue weighted by Gasteiger charge is 2.17. The predicted octanol–water partition coefficient (Wildman–Crippen LogP) is 4.30. The fraction of sp³-hybridized carbons (Fsp3) is 0.222. The summed E-state index contributed by atoms with van der Waals surface area (Å²) >= 11 is 0. The zero-order chi connectivity index (χ0) is 24.5. The zero-order valence-electron chi connectivity index (χ0n) is 20.3. The van der Waals surface area contributed by atoms with Crippen LogP contribution in [-0.4, -0.2) is 35.6 Å². The first kappa shape index (κ1) is 22.5. The maximum Gasteiger partial charge on any atom is 0.251 e. The second-order valence-electron chi connectivity index (χ2n) is 8.76. The number of carbonyl (C=O) groups is 1. The molecule has 0 saturated heterocycles. The fourth-order valence-corrected chi connectivity index (χ4v) is 4.22. The lowest BCUT2D eigenvalue weighted by atomic mass is 10.1. The molecule has 3 heterocycles. The van der Waals surface area contributed by atoms with Gasteiger partial charge in [-0.15, -0.1) is 0 Å². The predicted molar refractivity (Wildman–Crippen MR) is 135 cm³/mol. The number of amides is 1. The highest BCUT2D eigenvalue weighted by atomic mass is 16.1. The Hall–Kier alpha value is -4.33. The third-order valence-electron chi connectivity index (χ3n) is 6.04. The van der Waals surface area contributed by atoms with Gasteiger partial charge < -0.3 is 10.3 Å². The summed E-state index contributed by atoms with van der Waals surface area (Å²) in [5.41, 5.74) is 8.30. The molecule has 5 aromatic rings. The molecule has 0 radical (unpaired) electrons. The van der Waals surface area contributed by atoms with E-state index in [1.807, 2.05) is 82.3 Å². The van der Waals surface area contributed by atoms with Crippen molar-refractivity contribution in [1.29, 1.82) is 0 Å². The minimum Gasteiger partial charge on any atom is -0.352 e. The molecule has 5 rings (SSSR count). The lowest BCUT2D eigenvalue weighted by Crippen LogP contribution is -2.25. The van der Waals surface area contributed by atoms with Gasteiger partial charge in [-0.05, 0) is 51.5 Å². The molecule has 8 nitrogen and oxygen atoms in total. The number of hydrogen-bond acceptors (Lipinski definition) is 5. The Morgan fingerprint density at radius 3 is 2.37 bits per heavy atom. The van der Waals surface area contributed by atoms with Crippen LogP contribution in [-0.2, 0) is 17.8 Å². The molecule has 0 spiro atoms. The monoisotopic (exact) mass is 465 g/mol. The van der Waals surface area contributed by atoms with E-state index in [-0.39, 0.29) is 12.3 Å². The van der Waals surface area contributed by atoms with Gasteiger partial charge >= 0.3 is 0 Å². The molecule has 3 aromatic heterocycles. The number of hydrogen-bond donors (Lipinski definition) is 2.